The number of aryl methyl sites for hydroxylation is 1. The average molecular weight is 225 g/mol. The van der Waals surface area contributed by atoms with E-state index < -0.39 is 0 Å². The van der Waals surface area contributed by atoms with Crippen molar-refractivity contribution in [2.75, 3.05) is 19.5 Å². The van der Waals surface area contributed by atoms with Gasteiger partial charge in [0.25, 0.3) is 0 Å². The Morgan fingerprint density at radius 1 is 1.47 bits per heavy atom. The molecule has 0 aliphatic heterocycles. The van der Waals surface area contributed by atoms with Gasteiger partial charge in [-0.1, -0.05) is 13.0 Å². The van der Waals surface area contributed by atoms with Crippen molar-refractivity contribution in [1.29, 1.82) is 0 Å². The molecule has 1 aromatic carbocycles. The highest BCUT2D eigenvalue weighted by molar-refractivity contribution is 8.00. The molecule has 0 aromatic heterocycles. The van der Waals surface area contributed by atoms with E-state index in [1.54, 1.807) is 7.11 Å². The molecule has 0 fully saturated rings. The zero-order valence-corrected chi connectivity index (χ0v) is 10.4. The first-order valence-electron chi connectivity index (χ1n) is 5.15. The maximum absolute atomic E-state index is 5.77. The Kier molecular flexibility index (Phi) is 4.99. The number of benzene rings is 1. The zero-order valence-electron chi connectivity index (χ0n) is 9.62. The molecular weight excluding hydrogens is 206 g/mol. The Hall–Kier alpha value is -0.670. The third-order valence-corrected chi connectivity index (χ3v) is 3.60. The van der Waals surface area contributed by atoms with Crippen LogP contribution in [0, 0.1) is 6.92 Å². The molecule has 0 amide bonds. The lowest BCUT2D eigenvalue weighted by molar-refractivity contribution is 0.195. The van der Waals surface area contributed by atoms with Crippen LogP contribution in [0.25, 0.3) is 0 Å². The van der Waals surface area contributed by atoms with Gasteiger partial charge in [-0.15, -0.1) is 11.8 Å². The van der Waals surface area contributed by atoms with E-state index in [1.165, 1.54) is 10.5 Å². The summed E-state index contributed by atoms with van der Waals surface area (Å²) in [5.74, 6) is 0. The quantitative estimate of drug-likeness (QED) is 0.618. The van der Waals surface area contributed by atoms with Crippen molar-refractivity contribution < 1.29 is 4.74 Å². The predicted octanol–water partition coefficient (Wildman–Crippen LogP) is 3.09. The Balaban J connectivity index is 2.59. The fraction of sp³-hybridized carbons (Fsp3) is 0.500. The number of thioether (sulfide) groups is 1. The predicted molar refractivity (Wildman–Crippen MR) is 67.4 cm³/mol. The molecule has 0 aliphatic carbocycles. The molecule has 15 heavy (non-hydrogen) atoms. The molecule has 0 spiro atoms. The van der Waals surface area contributed by atoms with Crippen molar-refractivity contribution in [3.63, 3.8) is 0 Å². The molecular formula is C12H19NOS. The summed E-state index contributed by atoms with van der Waals surface area (Å²) in [4.78, 5) is 1.28. The summed E-state index contributed by atoms with van der Waals surface area (Å²) in [5.41, 5.74) is 7.89. The molecule has 0 heterocycles. The lowest BCUT2D eigenvalue weighted by Crippen LogP contribution is -2.01. The van der Waals surface area contributed by atoms with Crippen LogP contribution in [-0.4, -0.2) is 19.0 Å². The van der Waals surface area contributed by atoms with Crippen molar-refractivity contribution >= 4 is 17.4 Å². The van der Waals surface area contributed by atoms with E-state index >= 15 is 0 Å². The van der Waals surface area contributed by atoms with E-state index in [0.717, 1.165) is 18.7 Å². The first-order chi connectivity index (χ1) is 7.13. The van der Waals surface area contributed by atoms with Crippen molar-refractivity contribution in [3.05, 3.63) is 23.8 Å². The average Bonchev–Trinajstić information content (AvgIpc) is 2.20. The largest absolute Gasteiger partial charge is 0.399 e. The van der Waals surface area contributed by atoms with Gasteiger partial charge in [0.15, 0.2) is 0 Å². The molecule has 0 aliphatic rings. The maximum Gasteiger partial charge on any atom is 0.0472 e. The molecule has 2 nitrogen and oxygen atoms in total. The van der Waals surface area contributed by atoms with Gasteiger partial charge in [0, 0.05) is 29.5 Å². The Morgan fingerprint density at radius 3 is 2.87 bits per heavy atom. The maximum atomic E-state index is 5.77. The minimum Gasteiger partial charge on any atom is -0.399 e. The second kappa shape index (κ2) is 6.03. The molecule has 0 saturated heterocycles. The smallest absolute Gasteiger partial charge is 0.0472 e. The van der Waals surface area contributed by atoms with Crippen molar-refractivity contribution in [2.24, 2.45) is 0 Å². The summed E-state index contributed by atoms with van der Waals surface area (Å²) in [7, 11) is 1.74. The van der Waals surface area contributed by atoms with E-state index in [4.69, 9.17) is 10.5 Å². The summed E-state index contributed by atoms with van der Waals surface area (Å²) in [6, 6.07) is 6.06. The van der Waals surface area contributed by atoms with Crippen LogP contribution in [-0.2, 0) is 4.74 Å². The SMILES string of the molecule is COCCC(C)Sc1cc(N)ccc1C. The minimum atomic E-state index is 0.561. The van der Waals surface area contributed by atoms with Crippen LogP contribution >= 0.6 is 11.8 Å². The van der Waals surface area contributed by atoms with Crippen molar-refractivity contribution in [3.8, 4) is 0 Å². The zero-order chi connectivity index (χ0) is 11.3. The van der Waals surface area contributed by atoms with Crippen LogP contribution in [0.5, 0.6) is 0 Å². The topological polar surface area (TPSA) is 35.2 Å². The highest BCUT2D eigenvalue weighted by Crippen LogP contribution is 2.29. The number of anilines is 1. The Morgan fingerprint density at radius 2 is 2.20 bits per heavy atom. The molecule has 1 aromatic rings. The van der Waals surface area contributed by atoms with E-state index in [1.807, 2.05) is 23.9 Å². The summed E-state index contributed by atoms with van der Waals surface area (Å²) in [6.45, 7) is 5.15. The molecule has 3 heteroatoms. The lowest BCUT2D eigenvalue weighted by Gasteiger charge is -2.12. The molecule has 1 atom stereocenters. The van der Waals surface area contributed by atoms with Gasteiger partial charge in [-0.05, 0) is 31.0 Å². The second-order valence-corrected chi connectivity index (χ2v) is 5.22. The second-order valence-electron chi connectivity index (χ2n) is 3.73. The highest BCUT2D eigenvalue weighted by Gasteiger charge is 2.06. The standard InChI is InChI=1S/C12H19NOS/c1-9-4-5-11(13)8-12(9)15-10(2)6-7-14-3/h4-5,8,10H,6-7,13H2,1-3H3. The lowest BCUT2D eigenvalue weighted by atomic mass is 10.2. The minimum absolute atomic E-state index is 0.561. The van der Waals surface area contributed by atoms with Gasteiger partial charge in [-0.25, -0.2) is 0 Å². The molecule has 0 radical (unpaired) electrons. The van der Waals surface area contributed by atoms with Gasteiger partial charge < -0.3 is 10.5 Å². The van der Waals surface area contributed by atoms with Gasteiger partial charge >= 0.3 is 0 Å². The number of methoxy groups -OCH3 is 1. The first-order valence-corrected chi connectivity index (χ1v) is 6.03. The number of rotatable bonds is 5. The summed E-state index contributed by atoms with van der Waals surface area (Å²) in [5, 5.41) is 0.561. The number of nitrogens with two attached hydrogens (primary N) is 1. The molecule has 84 valence electrons. The molecule has 0 bridgehead atoms. The normalized spacial score (nSPS) is 12.7. The fourth-order valence-electron chi connectivity index (χ4n) is 1.30. The van der Waals surface area contributed by atoms with Gasteiger partial charge in [-0.2, -0.15) is 0 Å². The van der Waals surface area contributed by atoms with Gasteiger partial charge in [0.1, 0.15) is 0 Å². The Labute approximate surface area is 96.2 Å². The van der Waals surface area contributed by atoms with E-state index in [0.29, 0.717) is 5.25 Å². The van der Waals surface area contributed by atoms with Crippen molar-refractivity contribution in [1.82, 2.24) is 0 Å². The molecule has 1 unspecified atom stereocenters. The van der Waals surface area contributed by atoms with Crippen LogP contribution in [0.1, 0.15) is 18.9 Å². The molecule has 2 N–H and O–H groups in total. The third-order valence-electron chi connectivity index (χ3n) is 2.27. The third kappa shape index (κ3) is 4.14. The number of hydrogen-bond donors (Lipinski definition) is 1. The van der Waals surface area contributed by atoms with E-state index in [-0.39, 0.29) is 0 Å². The van der Waals surface area contributed by atoms with E-state index in [9.17, 15) is 0 Å². The van der Waals surface area contributed by atoms with Crippen LogP contribution in [0.2, 0.25) is 0 Å². The monoisotopic (exact) mass is 225 g/mol. The van der Waals surface area contributed by atoms with Crippen LogP contribution in [0.15, 0.2) is 23.1 Å². The Bertz CT molecular complexity index is 314. The number of hydrogen-bond acceptors (Lipinski definition) is 3. The van der Waals surface area contributed by atoms with Gasteiger partial charge in [0.2, 0.25) is 0 Å². The fourth-order valence-corrected chi connectivity index (χ4v) is 2.41. The molecule has 0 saturated carbocycles. The number of ether oxygens (including phenoxy) is 1. The number of nitrogen functional groups attached to an aromatic ring is 1. The summed E-state index contributed by atoms with van der Waals surface area (Å²) >= 11 is 1.86. The summed E-state index contributed by atoms with van der Waals surface area (Å²) < 4.78 is 5.07. The highest BCUT2D eigenvalue weighted by atomic mass is 32.2. The van der Waals surface area contributed by atoms with Crippen molar-refractivity contribution in [2.45, 2.75) is 30.4 Å². The first kappa shape index (κ1) is 12.4. The summed E-state index contributed by atoms with van der Waals surface area (Å²) in [6.07, 6.45) is 1.06. The van der Waals surface area contributed by atoms with Gasteiger partial charge in [0.05, 0.1) is 0 Å². The van der Waals surface area contributed by atoms with E-state index in [2.05, 4.69) is 19.9 Å². The van der Waals surface area contributed by atoms with Crippen LogP contribution < -0.4 is 5.73 Å². The van der Waals surface area contributed by atoms with Gasteiger partial charge in [-0.3, -0.25) is 0 Å². The van der Waals surface area contributed by atoms with Crippen LogP contribution in [0.4, 0.5) is 5.69 Å². The van der Waals surface area contributed by atoms with Crippen LogP contribution in [0.3, 0.4) is 0 Å². The molecule has 1 rings (SSSR count).